The predicted octanol–water partition coefficient (Wildman–Crippen LogP) is 15.1. The lowest BCUT2D eigenvalue weighted by molar-refractivity contribution is 0.597. The highest BCUT2D eigenvalue weighted by atomic mass is 32.1. The van der Waals surface area contributed by atoms with Crippen molar-refractivity contribution >= 4 is 102 Å². The molecule has 0 aliphatic rings. The summed E-state index contributed by atoms with van der Waals surface area (Å²) >= 11 is 3.77. The van der Waals surface area contributed by atoms with Gasteiger partial charge in [0, 0.05) is 68.5 Å². The standard InChI is InChI=1S/C48H29NOS2/c1-2-10-32(11-3-1)43-26-27-44(50-43)33-14-18-34(19-15-33)49(35-20-24-39-41-22-16-30-8-4-6-12-37(30)47(41)51-45(39)28-35)36-21-25-40-42-23-17-31-9-5-7-13-38(31)48(42)52-46(40)29-36/h1-29H. The summed E-state index contributed by atoms with van der Waals surface area (Å²) < 4.78 is 11.6. The molecular weight excluding hydrogens is 671 g/mol. The van der Waals surface area contributed by atoms with Crippen molar-refractivity contribution in [1.82, 2.24) is 0 Å². The van der Waals surface area contributed by atoms with E-state index in [4.69, 9.17) is 4.42 Å². The maximum absolute atomic E-state index is 6.33. The topological polar surface area (TPSA) is 16.4 Å². The fourth-order valence-corrected chi connectivity index (χ4v) is 10.3. The van der Waals surface area contributed by atoms with Crippen molar-refractivity contribution in [2.24, 2.45) is 0 Å². The molecule has 0 spiro atoms. The summed E-state index contributed by atoms with van der Waals surface area (Å²) in [6.07, 6.45) is 0. The smallest absolute Gasteiger partial charge is 0.134 e. The molecule has 3 aromatic heterocycles. The van der Waals surface area contributed by atoms with E-state index in [2.05, 4.69) is 163 Å². The maximum atomic E-state index is 6.33. The molecule has 0 fully saturated rings. The lowest BCUT2D eigenvalue weighted by atomic mass is 10.0. The van der Waals surface area contributed by atoms with Crippen LogP contribution in [0.25, 0.3) is 84.5 Å². The highest BCUT2D eigenvalue weighted by molar-refractivity contribution is 7.27. The molecule has 0 aliphatic carbocycles. The minimum Gasteiger partial charge on any atom is -0.456 e. The fraction of sp³-hybridized carbons (Fsp3) is 0. The minimum atomic E-state index is 0.856. The lowest BCUT2D eigenvalue weighted by Crippen LogP contribution is -2.09. The Morgan fingerprint density at radius 3 is 1.37 bits per heavy atom. The van der Waals surface area contributed by atoms with E-state index >= 15 is 0 Å². The van der Waals surface area contributed by atoms with Gasteiger partial charge in [0.25, 0.3) is 0 Å². The van der Waals surface area contributed by atoms with Gasteiger partial charge in [0.2, 0.25) is 0 Å². The summed E-state index contributed by atoms with van der Waals surface area (Å²) in [6, 6.07) is 63.5. The van der Waals surface area contributed by atoms with E-state index in [1.807, 2.05) is 40.9 Å². The highest BCUT2D eigenvalue weighted by Crippen LogP contribution is 2.45. The Hall–Kier alpha value is -6.20. The Balaban J connectivity index is 1.06. The van der Waals surface area contributed by atoms with E-state index in [0.29, 0.717) is 0 Å². The largest absolute Gasteiger partial charge is 0.456 e. The number of fused-ring (bicyclic) bond motifs is 10. The van der Waals surface area contributed by atoms with Crippen molar-refractivity contribution in [2.75, 3.05) is 4.90 Å². The van der Waals surface area contributed by atoms with Crippen LogP contribution in [0.15, 0.2) is 180 Å². The van der Waals surface area contributed by atoms with E-state index < -0.39 is 0 Å². The molecule has 0 aliphatic heterocycles. The third kappa shape index (κ3) is 4.69. The first kappa shape index (κ1) is 29.5. The molecule has 0 saturated heterocycles. The van der Waals surface area contributed by atoms with E-state index in [9.17, 15) is 0 Å². The first-order valence-corrected chi connectivity index (χ1v) is 19.1. The van der Waals surface area contributed by atoms with Crippen LogP contribution >= 0.6 is 22.7 Å². The molecule has 11 rings (SSSR count). The van der Waals surface area contributed by atoms with Gasteiger partial charge < -0.3 is 9.32 Å². The molecule has 0 N–H and O–H groups in total. The van der Waals surface area contributed by atoms with Crippen LogP contribution in [0.4, 0.5) is 17.1 Å². The number of benzene rings is 8. The second kappa shape index (κ2) is 11.7. The normalized spacial score (nSPS) is 11.8. The van der Waals surface area contributed by atoms with Crippen LogP contribution < -0.4 is 4.90 Å². The summed E-state index contributed by atoms with van der Waals surface area (Å²) in [5, 5.41) is 10.4. The molecule has 8 aromatic carbocycles. The summed E-state index contributed by atoms with van der Waals surface area (Å²) in [7, 11) is 0. The molecule has 11 aromatic rings. The molecule has 244 valence electrons. The number of rotatable bonds is 5. The van der Waals surface area contributed by atoms with Gasteiger partial charge in [-0.15, -0.1) is 22.7 Å². The zero-order valence-electron chi connectivity index (χ0n) is 27.9. The number of hydrogen-bond acceptors (Lipinski definition) is 4. The summed E-state index contributed by atoms with van der Waals surface area (Å²) in [5.41, 5.74) is 5.48. The van der Waals surface area contributed by atoms with Crippen LogP contribution in [0.2, 0.25) is 0 Å². The molecule has 0 bridgehead atoms. The van der Waals surface area contributed by atoms with Gasteiger partial charge in [-0.3, -0.25) is 0 Å². The van der Waals surface area contributed by atoms with Gasteiger partial charge in [-0.2, -0.15) is 0 Å². The van der Waals surface area contributed by atoms with Crippen molar-refractivity contribution in [3.8, 4) is 22.6 Å². The second-order valence-electron chi connectivity index (χ2n) is 13.3. The van der Waals surface area contributed by atoms with Gasteiger partial charge in [0.05, 0.1) is 0 Å². The van der Waals surface area contributed by atoms with Crippen molar-refractivity contribution in [3.63, 3.8) is 0 Å². The van der Waals surface area contributed by atoms with Crippen LogP contribution in [0, 0.1) is 0 Å². The third-order valence-corrected chi connectivity index (χ3v) is 12.7. The Labute approximate surface area is 308 Å². The molecular formula is C48H29NOS2. The summed E-state index contributed by atoms with van der Waals surface area (Å²) in [4.78, 5) is 2.39. The number of anilines is 3. The second-order valence-corrected chi connectivity index (χ2v) is 15.4. The lowest BCUT2D eigenvalue weighted by Gasteiger charge is -2.26. The Kier molecular flexibility index (Phi) is 6.63. The van der Waals surface area contributed by atoms with Crippen LogP contribution in [-0.2, 0) is 0 Å². The average Bonchev–Trinajstić information content (AvgIpc) is 3.94. The Bertz CT molecular complexity index is 2980. The van der Waals surface area contributed by atoms with Gasteiger partial charge >= 0.3 is 0 Å². The summed E-state index contributed by atoms with van der Waals surface area (Å²) in [5.74, 6) is 1.73. The van der Waals surface area contributed by atoms with Gasteiger partial charge in [-0.05, 0) is 82.2 Å². The van der Waals surface area contributed by atoms with E-state index in [-0.39, 0.29) is 0 Å². The first-order valence-electron chi connectivity index (χ1n) is 17.5. The molecule has 3 heterocycles. The van der Waals surface area contributed by atoms with E-state index in [0.717, 1.165) is 39.7 Å². The number of nitrogens with zero attached hydrogens (tertiary/aromatic N) is 1. The van der Waals surface area contributed by atoms with Crippen LogP contribution in [0.3, 0.4) is 0 Å². The van der Waals surface area contributed by atoms with Gasteiger partial charge in [0.1, 0.15) is 11.5 Å². The van der Waals surface area contributed by atoms with Crippen molar-refractivity contribution in [1.29, 1.82) is 0 Å². The zero-order chi connectivity index (χ0) is 34.2. The molecule has 0 unspecified atom stereocenters. The van der Waals surface area contributed by atoms with Crippen molar-refractivity contribution in [3.05, 3.63) is 176 Å². The zero-order valence-corrected chi connectivity index (χ0v) is 29.5. The highest BCUT2D eigenvalue weighted by Gasteiger charge is 2.18. The average molecular weight is 700 g/mol. The Morgan fingerprint density at radius 1 is 0.346 bits per heavy atom. The Morgan fingerprint density at radius 2 is 0.808 bits per heavy atom. The fourth-order valence-electron chi connectivity index (χ4n) is 7.74. The van der Waals surface area contributed by atoms with Crippen molar-refractivity contribution in [2.45, 2.75) is 0 Å². The van der Waals surface area contributed by atoms with Gasteiger partial charge in [0.15, 0.2) is 0 Å². The van der Waals surface area contributed by atoms with Gasteiger partial charge in [-0.1, -0.05) is 115 Å². The van der Waals surface area contributed by atoms with Crippen LogP contribution in [0.1, 0.15) is 0 Å². The van der Waals surface area contributed by atoms with Gasteiger partial charge in [-0.25, -0.2) is 0 Å². The summed E-state index contributed by atoms with van der Waals surface area (Å²) in [6.45, 7) is 0. The molecule has 52 heavy (non-hydrogen) atoms. The monoisotopic (exact) mass is 699 g/mol. The molecule has 0 saturated carbocycles. The van der Waals surface area contributed by atoms with E-state index in [1.54, 1.807) is 0 Å². The number of furan rings is 1. The quantitative estimate of drug-likeness (QED) is 0.178. The predicted molar refractivity (Wildman–Crippen MR) is 225 cm³/mol. The molecule has 0 atom stereocenters. The maximum Gasteiger partial charge on any atom is 0.134 e. The molecule has 0 radical (unpaired) electrons. The number of hydrogen-bond donors (Lipinski definition) is 0. The SMILES string of the molecule is c1ccc(-c2ccc(-c3ccc(N(c4ccc5c(c4)sc4c6ccccc6ccc54)c4ccc5c(c4)sc4c6ccccc6ccc54)cc3)o2)cc1. The first-order chi connectivity index (χ1) is 25.7. The molecule has 4 heteroatoms. The van der Waals surface area contributed by atoms with Crippen LogP contribution in [0.5, 0.6) is 0 Å². The van der Waals surface area contributed by atoms with Crippen LogP contribution in [-0.4, -0.2) is 0 Å². The van der Waals surface area contributed by atoms with E-state index in [1.165, 1.54) is 61.9 Å². The minimum absolute atomic E-state index is 0.856. The number of thiophene rings is 2. The molecule has 2 nitrogen and oxygen atoms in total. The van der Waals surface area contributed by atoms with Crippen molar-refractivity contribution < 1.29 is 4.42 Å². The molecule has 0 amide bonds. The third-order valence-electron chi connectivity index (χ3n) is 10.3.